The summed E-state index contributed by atoms with van der Waals surface area (Å²) in [5.41, 5.74) is 1.70. The van der Waals surface area contributed by atoms with Crippen LogP contribution in [0.15, 0.2) is 102 Å². The number of hydrogen-bond donors (Lipinski definition) is 1. The largest absolute Gasteiger partial charge is 0.495 e. The van der Waals surface area contributed by atoms with Gasteiger partial charge in [0.25, 0.3) is 10.0 Å². The fourth-order valence-electron chi connectivity index (χ4n) is 6.35. The van der Waals surface area contributed by atoms with Gasteiger partial charge in [0.05, 0.1) is 31.9 Å². The van der Waals surface area contributed by atoms with Gasteiger partial charge in [0.2, 0.25) is 11.8 Å². The number of halogens is 1. The summed E-state index contributed by atoms with van der Waals surface area (Å²) in [5, 5.41) is 3.46. The Kier molecular flexibility index (Phi) is 12.8. The molecule has 0 bridgehead atoms. The Morgan fingerprint density at radius 1 is 0.784 bits per heavy atom. The first kappa shape index (κ1) is 37.5. The second-order valence-corrected chi connectivity index (χ2v) is 14.7. The molecule has 0 saturated heterocycles. The Balaban J connectivity index is 1.61. The van der Waals surface area contributed by atoms with Crippen LogP contribution in [0, 0.1) is 0 Å². The molecule has 1 N–H and O–H groups in total. The number of methoxy groups -OCH3 is 3. The first-order valence-electron chi connectivity index (χ1n) is 16.9. The lowest BCUT2D eigenvalue weighted by Gasteiger charge is -2.35. The van der Waals surface area contributed by atoms with Crippen molar-refractivity contribution in [2.24, 2.45) is 0 Å². The van der Waals surface area contributed by atoms with Gasteiger partial charge in [-0.2, -0.15) is 0 Å². The molecule has 1 aliphatic carbocycles. The summed E-state index contributed by atoms with van der Waals surface area (Å²) in [6.07, 6.45) is 5.11. The highest BCUT2D eigenvalue weighted by molar-refractivity contribution is 7.92. The van der Waals surface area contributed by atoms with Gasteiger partial charge >= 0.3 is 0 Å². The van der Waals surface area contributed by atoms with Crippen LogP contribution in [0.1, 0.15) is 43.2 Å². The van der Waals surface area contributed by atoms with E-state index < -0.39 is 28.5 Å². The SMILES string of the molecule is COc1ccc(S(=O)(=O)N(CC(=O)N(Cc2ccccc2)[C@@H](Cc2ccccc2)C(=O)NC2CCCCC2)c2cc(Cl)ccc2OC)cc1OC. The molecular weight excluding hydrogens is 690 g/mol. The molecule has 4 aromatic rings. The van der Waals surface area contributed by atoms with Crippen molar-refractivity contribution in [3.05, 3.63) is 113 Å². The number of anilines is 1. The second kappa shape index (κ2) is 17.5. The van der Waals surface area contributed by atoms with Gasteiger partial charge in [-0.25, -0.2) is 8.42 Å². The van der Waals surface area contributed by atoms with E-state index >= 15 is 0 Å². The van der Waals surface area contributed by atoms with Crippen molar-refractivity contribution in [2.45, 2.75) is 62.0 Å². The first-order valence-corrected chi connectivity index (χ1v) is 18.7. The van der Waals surface area contributed by atoms with Crippen LogP contribution in [0.4, 0.5) is 5.69 Å². The molecule has 51 heavy (non-hydrogen) atoms. The van der Waals surface area contributed by atoms with E-state index in [1.54, 1.807) is 6.07 Å². The minimum absolute atomic E-state index is 0.00384. The van der Waals surface area contributed by atoms with Gasteiger partial charge in [0, 0.05) is 30.1 Å². The Labute approximate surface area is 305 Å². The van der Waals surface area contributed by atoms with Gasteiger partial charge in [-0.05, 0) is 54.3 Å². The molecule has 1 fully saturated rings. The number of carbonyl (C=O) groups is 2. The molecule has 1 atom stereocenters. The summed E-state index contributed by atoms with van der Waals surface area (Å²) in [6, 6.07) is 26.6. The van der Waals surface area contributed by atoms with Crippen molar-refractivity contribution in [3.8, 4) is 17.2 Å². The lowest BCUT2D eigenvalue weighted by atomic mass is 9.94. The molecule has 10 nitrogen and oxygen atoms in total. The zero-order valence-electron chi connectivity index (χ0n) is 29.1. The lowest BCUT2D eigenvalue weighted by molar-refractivity contribution is -0.140. The van der Waals surface area contributed by atoms with Crippen molar-refractivity contribution >= 4 is 39.1 Å². The number of ether oxygens (including phenoxy) is 3. The lowest BCUT2D eigenvalue weighted by Crippen LogP contribution is -2.55. The topological polar surface area (TPSA) is 114 Å². The van der Waals surface area contributed by atoms with E-state index in [4.69, 9.17) is 25.8 Å². The maximum absolute atomic E-state index is 14.9. The molecule has 0 heterocycles. The van der Waals surface area contributed by atoms with E-state index in [1.807, 2.05) is 60.7 Å². The average molecular weight is 734 g/mol. The standard InChI is InChI=1S/C39H44ClN3O7S/c1-48-35-21-19-30(40)24-33(35)43(51(46,47)32-20-22-36(49-2)37(25-32)50-3)27-38(44)42(26-29-15-9-5-10-16-29)34(23-28-13-7-4-8-14-28)39(45)41-31-17-11-6-12-18-31/h4-5,7-10,13-16,19-22,24-25,31,34H,6,11-12,17-18,23,26-27H2,1-3H3,(H,41,45)/t34-/m0/s1. The average Bonchev–Trinajstić information content (AvgIpc) is 3.15. The van der Waals surface area contributed by atoms with Crippen LogP contribution in [0.3, 0.4) is 0 Å². The van der Waals surface area contributed by atoms with Crippen molar-refractivity contribution in [2.75, 3.05) is 32.2 Å². The van der Waals surface area contributed by atoms with Crippen LogP contribution < -0.4 is 23.8 Å². The maximum atomic E-state index is 14.9. The second-order valence-electron chi connectivity index (χ2n) is 12.4. The van der Waals surface area contributed by atoms with E-state index in [-0.39, 0.29) is 52.0 Å². The Morgan fingerprint density at radius 3 is 2.02 bits per heavy atom. The number of carbonyl (C=O) groups excluding carboxylic acids is 2. The summed E-state index contributed by atoms with van der Waals surface area (Å²) in [7, 11) is -0.218. The number of amides is 2. The maximum Gasteiger partial charge on any atom is 0.265 e. The van der Waals surface area contributed by atoms with Gasteiger partial charge in [-0.3, -0.25) is 13.9 Å². The van der Waals surface area contributed by atoms with Gasteiger partial charge in [-0.1, -0.05) is 91.5 Å². The normalized spacial score (nSPS) is 13.9. The summed E-state index contributed by atoms with van der Waals surface area (Å²) in [6.45, 7) is -0.603. The molecule has 0 spiro atoms. The highest BCUT2D eigenvalue weighted by Crippen LogP contribution is 2.37. The number of nitrogens with one attached hydrogen (secondary N) is 1. The van der Waals surface area contributed by atoms with Gasteiger partial charge in [0.15, 0.2) is 11.5 Å². The Bertz CT molecular complexity index is 1890. The van der Waals surface area contributed by atoms with Crippen LogP contribution in [-0.2, 0) is 32.6 Å². The molecule has 12 heteroatoms. The summed E-state index contributed by atoms with van der Waals surface area (Å²) < 4.78 is 46.6. The van der Waals surface area contributed by atoms with E-state index in [0.29, 0.717) is 5.75 Å². The first-order chi connectivity index (χ1) is 24.6. The molecule has 1 aliphatic rings. The number of benzene rings is 4. The third-order valence-corrected chi connectivity index (χ3v) is 11.0. The third kappa shape index (κ3) is 9.33. The van der Waals surface area contributed by atoms with E-state index in [9.17, 15) is 18.0 Å². The highest BCUT2D eigenvalue weighted by atomic mass is 35.5. The minimum Gasteiger partial charge on any atom is -0.495 e. The molecule has 5 rings (SSSR count). The van der Waals surface area contributed by atoms with Gasteiger partial charge < -0.3 is 24.4 Å². The van der Waals surface area contributed by atoms with E-state index in [2.05, 4.69) is 5.32 Å². The van der Waals surface area contributed by atoms with Gasteiger partial charge in [-0.15, -0.1) is 0 Å². The Morgan fingerprint density at radius 2 is 1.39 bits per heavy atom. The molecule has 4 aromatic carbocycles. The van der Waals surface area contributed by atoms with Crippen molar-refractivity contribution < 1.29 is 32.2 Å². The summed E-state index contributed by atoms with van der Waals surface area (Å²) in [4.78, 5) is 30.5. The number of rotatable bonds is 15. The van der Waals surface area contributed by atoms with Crippen molar-refractivity contribution in [1.82, 2.24) is 10.2 Å². The zero-order valence-corrected chi connectivity index (χ0v) is 30.7. The fourth-order valence-corrected chi connectivity index (χ4v) is 7.95. The van der Waals surface area contributed by atoms with E-state index in [0.717, 1.165) is 47.5 Å². The van der Waals surface area contributed by atoms with E-state index in [1.165, 1.54) is 56.6 Å². The monoisotopic (exact) mass is 733 g/mol. The van der Waals surface area contributed by atoms with Crippen molar-refractivity contribution in [3.63, 3.8) is 0 Å². The quantitative estimate of drug-likeness (QED) is 0.146. The third-order valence-electron chi connectivity index (χ3n) is 9.05. The molecular formula is C39H44ClN3O7S. The summed E-state index contributed by atoms with van der Waals surface area (Å²) in [5.74, 6) is -0.173. The number of hydrogen-bond acceptors (Lipinski definition) is 7. The minimum atomic E-state index is -4.48. The molecule has 0 aromatic heterocycles. The predicted octanol–water partition coefficient (Wildman–Crippen LogP) is 6.65. The predicted molar refractivity (Wildman–Crippen MR) is 198 cm³/mol. The van der Waals surface area contributed by atoms with Crippen LogP contribution in [0.2, 0.25) is 5.02 Å². The van der Waals surface area contributed by atoms with Gasteiger partial charge in [0.1, 0.15) is 18.3 Å². The molecule has 270 valence electrons. The van der Waals surface area contributed by atoms with Crippen molar-refractivity contribution in [1.29, 1.82) is 0 Å². The number of sulfonamides is 1. The Hall–Kier alpha value is -4.74. The van der Waals surface area contributed by atoms with Crippen LogP contribution in [0.25, 0.3) is 0 Å². The molecule has 1 saturated carbocycles. The number of nitrogens with zero attached hydrogens (tertiary/aromatic N) is 2. The smallest absolute Gasteiger partial charge is 0.265 e. The summed E-state index contributed by atoms with van der Waals surface area (Å²) >= 11 is 6.42. The molecule has 2 amide bonds. The highest BCUT2D eigenvalue weighted by Gasteiger charge is 2.36. The zero-order chi connectivity index (χ0) is 36.4. The van der Waals surface area contributed by atoms with Crippen LogP contribution >= 0.6 is 11.6 Å². The fraction of sp³-hybridized carbons (Fsp3) is 0.333. The molecule has 0 radical (unpaired) electrons. The van der Waals surface area contributed by atoms with Crippen LogP contribution in [-0.4, -0.2) is 65.1 Å². The molecule has 0 aliphatic heterocycles. The molecule has 0 unspecified atom stereocenters. The van der Waals surface area contributed by atoms with Crippen LogP contribution in [0.5, 0.6) is 17.2 Å².